The number of nitrogens with one attached hydrogen (secondary N) is 1. The lowest BCUT2D eigenvalue weighted by Gasteiger charge is -2.05. The number of aliphatic hydroxyl groups is 1. The van der Waals surface area contributed by atoms with Crippen LogP contribution in [0.1, 0.15) is 26.4 Å². The van der Waals surface area contributed by atoms with Crippen molar-refractivity contribution < 1.29 is 9.90 Å². The van der Waals surface area contributed by atoms with E-state index in [9.17, 15) is 4.79 Å². The van der Waals surface area contributed by atoms with E-state index in [1.165, 1.54) is 22.5 Å². The van der Waals surface area contributed by atoms with Crippen LogP contribution < -0.4 is 5.32 Å². The van der Waals surface area contributed by atoms with Crippen molar-refractivity contribution in [2.75, 3.05) is 13.2 Å². The van der Waals surface area contributed by atoms with Crippen LogP contribution >= 0.6 is 11.3 Å². The summed E-state index contributed by atoms with van der Waals surface area (Å²) in [6.45, 7) is 2.44. The molecule has 0 radical (unpaired) electrons. The molecule has 3 nitrogen and oxygen atoms in total. The van der Waals surface area contributed by atoms with E-state index in [2.05, 4.69) is 42.3 Å². The quantitative estimate of drug-likeness (QED) is 0.852. The highest BCUT2D eigenvalue weighted by Crippen LogP contribution is 2.15. The minimum Gasteiger partial charge on any atom is -0.384 e. The van der Waals surface area contributed by atoms with Crippen LogP contribution in [0.15, 0.2) is 35.7 Å². The number of rotatable bonds is 4. The zero-order valence-corrected chi connectivity index (χ0v) is 12.7. The van der Waals surface area contributed by atoms with Crippen LogP contribution in [0.3, 0.4) is 0 Å². The molecule has 2 rings (SSSR count). The van der Waals surface area contributed by atoms with Gasteiger partial charge in [0.05, 0.1) is 0 Å². The molecule has 0 saturated carbocycles. The van der Waals surface area contributed by atoms with E-state index < -0.39 is 0 Å². The minimum absolute atomic E-state index is 0.111. The topological polar surface area (TPSA) is 49.3 Å². The molecule has 0 aliphatic carbocycles. The molecule has 0 aliphatic heterocycles. The van der Waals surface area contributed by atoms with Gasteiger partial charge in [0.1, 0.15) is 11.5 Å². The highest BCUT2D eigenvalue weighted by molar-refractivity contribution is 7.12. The van der Waals surface area contributed by atoms with E-state index in [0.29, 0.717) is 17.0 Å². The molecule has 4 heteroatoms. The summed E-state index contributed by atoms with van der Waals surface area (Å²) < 4.78 is 0. The summed E-state index contributed by atoms with van der Waals surface area (Å²) in [5, 5.41) is 13.5. The molecule has 1 aromatic heterocycles. The van der Waals surface area contributed by atoms with Crippen molar-refractivity contribution in [3.63, 3.8) is 0 Å². The number of thiophene rings is 1. The Morgan fingerprint density at radius 2 is 2.24 bits per heavy atom. The Hall–Kier alpha value is -2.09. The summed E-state index contributed by atoms with van der Waals surface area (Å²) in [5.41, 5.74) is 3.10. The molecular weight excluding hydrogens is 282 g/mol. The largest absolute Gasteiger partial charge is 0.384 e. The number of hydrogen-bond donors (Lipinski definition) is 2. The second-order valence-electron chi connectivity index (χ2n) is 4.62. The monoisotopic (exact) mass is 299 g/mol. The molecule has 0 atom stereocenters. The number of carbonyl (C=O) groups excluding carboxylic acids is 1. The number of benzene rings is 1. The van der Waals surface area contributed by atoms with E-state index in [1.54, 1.807) is 6.07 Å². The van der Waals surface area contributed by atoms with Crippen molar-refractivity contribution in [3.8, 4) is 11.8 Å². The maximum atomic E-state index is 12.1. The van der Waals surface area contributed by atoms with Gasteiger partial charge in [-0.05, 0) is 30.4 Å². The number of hydrogen-bond acceptors (Lipinski definition) is 3. The molecule has 108 valence electrons. The van der Waals surface area contributed by atoms with Crippen LogP contribution in [0.4, 0.5) is 0 Å². The molecular formula is C17H17NO2S. The lowest BCUT2D eigenvalue weighted by Crippen LogP contribution is -2.25. The SMILES string of the molecule is Cc1cccc(CCNC(=O)c2sccc2C#CCO)c1. The first-order valence-corrected chi connectivity index (χ1v) is 7.59. The predicted octanol–water partition coefficient (Wildman–Crippen LogP) is 2.37. The normalized spacial score (nSPS) is 9.81. The standard InChI is InChI=1S/C17H17NO2S/c1-13-4-2-5-14(12-13)7-9-18-17(20)16-15(6-3-10-19)8-11-21-16/h2,4-5,8,11-12,19H,7,9-10H2,1H3,(H,18,20). The highest BCUT2D eigenvalue weighted by atomic mass is 32.1. The van der Waals surface area contributed by atoms with Gasteiger partial charge in [0.25, 0.3) is 5.91 Å². The van der Waals surface area contributed by atoms with Gasteiger partial charge in [0.2, 0.25) is 0 Å². The Bertz CT molecular complexity index is 679. The summed E-state index contributed by atoms with van der Waals surface area (Å²) in [7, 11) is 0. The molecule has 2 aromatic rings. The third-order valence-electron chi connectivity index (χ3n) is 2.96. The summed E-state index contributed by atoms with van der Waals surface area (Å²) >= 11 is 1.36. The van der Waals surface area contributed by atoms with Crippen LogP contribution in [-0.2, 0) is 6.42 Å². The predicted molar refractivity (Wildman–Crippen MR) is 85.5 cm³/mol. The average Bonchev–Trinajstić information content (AvgIpc) is 2.93. The van der Waals surface area contributed by atoms with Crippen molar-refractivity contribution in [2.24, 2.45) is 0 Å². The Labute approximate surface area is 128 Å². The second-order valence-corrected chi connectivity index (χ2v) is 5.53. The third-order valence-corrected chi connectivity index (χ3v) is 3.87. The fourth-order valence-electron chi connectivity index (χ4n) is 1.99. The van der Waals surface area contributed by atoms with Crippen molar-refractivity contribution in [2.45, 2.75) is 13.3 Å². The highest BCUT2D eigenvalue weighted by Gasteiger charge is 2.11. The fourth-order valence-corrected chi connectivity index (χ4v) is 2.75. The van der Waals surface area contributed by atoms with Crippen molar-refractivity contribution in [1.29, 1.82) is 0 Å². The van der Waals surface area contributed by atoms with Crippen molar-refractivity contribution in [3.05, 3.63) is 57.3 Å². The lowest BCUT2D eigenvalue weighted by molar-refractivity contribution is 0.0958. The fraction of sp³-hybridized carbons (Fsp3) is 0.235. The molecule has 0 bridgehead atoms. The minimum atomic E-state index is -0.204. The van der Waals surface area contributed by atoms with Gasteiger partial charge in [-0.25, -0.2) is 0 Å². The zero-order valence-electron chi connectivity index (χ0n) is 11.8. The smallest absolute Gasteiger partial charge is 0.262 e. The van der Waals surface area contributed by atoms with Crippen LogP contribution in [0.25, 0.3) is 0 Å². The van der Waals surface area contributed by atoms with Crippen LogP contribution in [0, 0.1) is 18.8 Å². The van der Waals surface area contributed by atoms with Gasteiger partial charge in [-0.2, -0.15) is 0 Å². The van der Waals surface area contributed by atoms with E-state index in [0.717, 1.165) is 6.42 Å². The number of carbonyl (C=O) groups is 1. The maximum Gasteiger partial charge on any atom is 0.262 e. The molecule has 0 aliphatic rings. The van der Waals surface area contributed by atoms with E-state index in [-0.39, 0.29) is 12.5 Å². The molecule has 0 saturated heterocycles. The summed E-state index contributed by atoms with van der Waals surface area (Å²) in [4.78, 5) is 12.7. The van der Waals surface area contributed by atoms with Crippen LogP contribution in [0.5, 0.6) is 0 Å². The Balaban J connectivity index is 1.92. The molecule has 1 heterocycles. The van der Waals surface area contributed by atoms with Crippen molar-refractivity contribution >= 4 is 17.2 Å². The van der Waals surface area contributed by atoms with E-state index in [1.807, 2.05) is 11.4 Å². The van der Waals surface area contributed by atoms with E-state index in [4.69, 9.17) is 5.11 Å². The molecule has 0 unspecified atom stereocenters. The summed E-state index contributed by atoms with van der Waals surface area (Å²) in [5.74, 6) is 5.24. The Morgan fingerprint density at radius 3 is 3.00 bits per heavy atom. The van der Waals surface area contributed by atoms with E-state index >= 15 is 0 Å². The van der Waals surface area contributed by atoms with Crippen LogP contribution in [-0.4, -0.2) is 24.2 Å². The number of aryl methyl sites for hydroxylation is 1. The first-order chi connectivity index (χ1) is 10.2. The molecule has 2 N–H and O–H groups in total. The summed E-state index contributed by atoms with van der Waals surface area (Å²) in [6, 6.07) is 10.1. The van der Waals surface area contributed by atoms with Gasteiger partial charge in [0.15, 0.2) is 0 Å². The van der Waals surface area contributed by atoms with Crippen molar-refractivity contribution in [1.82, 2.24) is 5.32 Å². The molecule has 0 spiro atoms. The number of aliphatic hydroxyl groups excluding tert-OH is 1. The molecule has 21 heavy (non-hydrogen) atoms. The lowest BCUT2D eigenvalue weighted by atomic mass is 10.1. The van der Waals surface area contributed by atoms with Gasteiger partial charge in [0, 0.05) is 12.1 Å². The zero-order chi connectivity index (χ0) is 15.1. The third kappa shape index (κ3) is 4.45. The molecule has 1 aromatic carbocycles. The average molecular weight is 299 g/mol. The Kier molecular flexibility index (Phi) is 5.56. The summed E-state index contributed by atoms with van der Waals surface area (Å²) in [6.07, 6.45) is 0.802. The van der Waals surface area contributed by atoms with Gasteiger partial charge in [-0.1, -0.05) is 41.7 Å². The second kappa shape index (κ2) is 7.63. The molecule has 0 fully saturated rings. The first-order valence-electron chi connectivity index (χ1n) is 6.71. The molecule has 1 amide bonds. The van der Waals surface area contributed by atoms with Gasteiger partial charge in [-0.15, -0.1) is 11.3 Å². The van der Waals surface area contributed by atoms with Gasteiger partial charge in [-0.3, -0.25) is 4.79 Å². The maximum absolute atomic E-state index is 12.1. The first kappa shape index (κ1) is 15.3. The number of amides is 1. The Morgan fingerprint density at radius 1 is 1.38 bits per heavy atom. The van der Waals surface area contributed by atoms with Gasteiger partial charge < -0.3 is 10.4 Å². The van der Waals surface area contributed by atoms with Crippen LogP contribution in [0.2, 0.25) is 0 Å². The van der Waals surface area contributed by atoms with Gasteiger partial charge >= 0.3 is 0 Å².